The van der Waals surface area contributed by atoms with Gasteiger partial charge in [0.1, 0.15) is 6.04 Å². The second-order valence-electron chi connectivity index (χ2n) is 8.75. The van der Waals surface area contributed by atoms with Crippen LogP contribution in [0.1, 0.15) is 41.7 Å². The number of hydrogen-bond donors (Lipinski definition) is 0. The van der Waals surface area contributed by atoms with Gasteiger partial charge in [-0.05, 0) is 69.0 Å². The molecule has 4 heterocycles. The lowest BCUT2D eigenvalue weighted by atomic mass is 10.0. The number of aryl methyl sites for hydroxylation is 1. The van der Waals surface area contributed by atoms with E-state index in [0.717, 1.165) is 27.5 Å². The number of fused-ring (bicyclic) bond motifs is 1. The third-order valence-corrected chi connectivity index (χ3v) is 8.31. The molecule has 0 saturated carbocycles. The minimum absolute atomic E-state index is 0.0234. The number of thiophene rings is 1. The fourth-order valence-corrected chi connectivity index (χ4v) is 6.56. The van der Waals surface area contributed by atoms with Crippen LogP contribution in [0.5, 0.6) is 0 Å². The van der Waals surface area contributed by atoms with Crippen molar-refractivity contribution in [2.45, 2.75) is 33.7 Å². The maximum Gasteiger partial charge on any atom is 0.338 e. The SMILES string of the molecule is CCOC(=O)C1=C(C)N=c2s/c(=C/c3cc(C)n(-c4ccc([N+](=O)[O-])cc4)c3C)c(=O)n2[C@@H]1c1cccs1. The van der Waals surface area contributed by atoms with Crippen molar-refractivity contribution in [1.82, 2.24) is 9.13 Å². The monoisotopic (exact) mass is 548 g/mol. The smallest absolute Gasteiger partial charge is 0.338 e. The highest BCUT2D eigenvalue weighted by Gasteiger charge is 2.33. The number of nitro benzene ring substituents is 1. The van der Waals surface area contributed by atoms with Gasteiger partial charge in [-0.3, -0.25) is 19.5 Å². The van der Waals surface area contributed by atoms with E-state index in [1.165, 1.54) is 34.8 Å². The van der Waals surface area contributed by atoms with Crippen LogP contribution in [0.4, 0.5) is 5.69 Å². The molecule has 0 fully saturated rings. The summed E-state index contributed by atoms with van der Waals surface area (Å²) in [6.45, 7) is 7.62. The van der Waals surface area contributed by atoms with E-state index in [1.807, 2.05) is 48.1 Å². The van der Waals surface area contributed by atoms with Gasteiger partial charge in [0.2, 0.25) is 0 Å². The molecule has 0 spiro atoms. The third kappa shape index (κ3) is 4.33. The molecule has 0 bridgehead atoms. The molecule has 0 unspecified atom stereocenters. The Bertz CT molecular complexity index is 1770. The summed E-state index contributed by atoms with van der Waals surface area (Å²) in [5.74, 6) is -0.479. The van der Waals surface area contributed by atoms with Crippen molar-refractivity contribution >= 4 is 40.4 Å². The van der Waals surface area contributed by atoms with E-state index in [2.05, 4.69) is 4.99 Å². The number of benzene rings is 1. The number of rotatable bonds is 6. The zero-order valence-electron chi connectivity index (χ0n) is 21.1. The number of thiazole rings is 1. The van der Waals surface area contributed by atoms with Crippen LogP contribution in [-0.4, -0.2) is 26.6 Å². The van der Waals surface area contributed by atoms with Crippen LogP contribution in [0, 0.1) is 24.0 Å². The number of carbonyl (C=O) groups excluding carboxylic acids is 1. The van der Waals surface area contributed by atoms with E-state index in [0.29, 0.717) is 20.6 Å². The highest BCUT2D eigenvalue weighted by molar-refractivity contribution is 7.10. The van der Waals surface area contributed by atoms with Crippen molar-refractivity contribution in [2.24, 2.45) is 4.99 Å². The summed E-state index contributed by atoms with van der Waals surface area (Å²) in [6.07, 6.45) is 1.84. The van der Waals surface area contributed by atoms with Gasteiger partial charge in [0.15, 0.2) is 4.80 Å². The highest BCUT2D eigenvalue weighted by atomic mass is 32.1. The van der Waals surface area contributed by atoms with E-state index >= 15 is 0 Å². The van der Waals surface area contributed by atoms with Crippen LogP contribution in [0.25, 0.3) is 11.8 Å². The number of aromatic nitrogens is 2. The molecule has 0 aliphatic carbocycles. The quantitative estimate of drug-likeness (QED) is 0.204. The fourth-order valence-electron chi connectivity index (χ4n) is 4.70. The zero-order valence-corrected chi connectivity index (χ0v) is 22.8. The number of hydrogen-bond acceptors (Lipinski definition) is 8. The summed E-state index contributed by atoms with van der Waals surface area (Å²) < 4.78 is 9.38. The van der Waals surface area contributed by atoms with Crippen LogP contribution in [0.15, 0.2) is 68.9 Å². The lowest BCUT2D eigenvalue weighted by Crippen LogP contribution is -2.39. The Hall–Kier alpha value is -4.09. The number of ether oxygens (including phenoxy) is 1. The molecule has 1 aliphatic heterocycles. The van der Waals surface area contributed by atoms with Gasteiger partial charge in [0, 0.05) is 34.1 Å². The van der Waals surface area contributed by atoms with Crippen molar-refractivity contribution in [1.29, 1.82) is 0 Å². The Morgan fingerprint density at radius 3 is 2.58 bits per heavy atom. The van der Waals surface area contributed by atoms with E-state index in [4.69, 9.17) is 4.74 Å². The molecule has 0 saturated heterocycles. The Morgan fingerprint density at radius 2 is 1.95 bits per heavy atom. The van der Waals surface area contributed by atoms with Crippen LogP contribution in [0.2, 0.25) is 0 Å². The van der Waals surface area contributed by atoms with Gasteiger partial charge in [-0.15, -0.1) is 11.3 Å². The topological polar surface area (TPSA) is 109 Å². The summed E-state index contributed by atoms with van der Waals surface area (Å²) in [5.41, 5.74) is 4.14. The average molecular weight is 549 g/mol. The average Bonchev–Trinajstić information content (AvgIpc) is 3.58. The summed E-state index contributed by atoms with van der Waals surface area (Å²) in [4.78, 5) is 43.3. The van der Waals surface area contributed by atoms with Crippen molar-refractivity contribution in [3.05, 3.63) is 111 Å². The molecule has 1 aromatic carbocycles. The Balaban J connectivity index is 1.64. The summed E-state index contributed by atoms with van der Waals surface area (Å²) in [5, 5.41) is 13.0. The van der Waals surface area contributed by atoms with Gasteiger partial charge in [-0.2, -0.15) is 0 Å². The molecule has 4 aromatic rings. The second kappa shape index (κ2) is 9.99. The molecule has 1 atom stereocenters. The molecule has 1 aliphatic rings. The van der Waals surface area contributed by atoms with E-state index in [9.17, 15) is 19.7 Å². The third-order valence-electron chi connectivity index (χ3n) is 6.41. The van der Waals surface area contributed by atoms with Gasteiger partial charge in [0.25, 0.3) is 11.2 Å². The number of allylic oxidation sites excluding steroid dienone is 1. The first-order chi connectivity index (χ1) is 18.2. The van der Waals surface area contributed by atoms with E-state index in [1.54, 1.807) is 30.5 Å². The lowest BCUT2D eigenvalue weighted by Gasteiger charge is -2.23. The molecular weight excluding hydrogens is 524 g/mol. The van der Waals surface area contributed by atoms with Gasteiger partial charge in [0.05, 0.1) is 27.3 Å². The fraction of sp³-hybridized carbons (Fsp3) is 0.222. The zero-order chi connectivity index (χ0) is 27.1. The minimum atomic E-state index is -0.611. The van der Waals surface area contributed by atoms with Gasteiger partial charge < -0.3 is 9.30 Å². The van der Waals surface area contributed by atoms with Crippen molar-refractivity contribution in [2.75, 3.05) is 6.61 Å². The number of nitro groups is 1. The number of esters is 1. The Kier molecular flexibility index (Phi) is 6.72. The first-order valence-electron chi connectivity index (χ1n) is 11.9. The van der Waals surface area contributed by atoms with E-state index < -0.39 is 16.9 Å². The first kappa shape index (κ1) is 25.6. The molecule has 194 valence electrons. The normalized spacial score (nSPS) is 15.4. The highest BCUT2D eigenvalue weighted by Crippen LogP contribution is 2.33. The molecular formula is C27H24N4O5S2. The molecule has 0 radical (unpaired) electrons. The van der Waals surface area contributed by atoms with Gasteiger partial charge >= 0.3 is 5.97 Å². The Labute approximate surface area is 225 Å². The number of nitrogens with zero attached hydrogens (tertiary/aromatic N) is 4. The molecule has 38 heavy (non-hydrogen) atoms. The molecule has 9 nitrogen and oxygen atoms in total. The number of carbonyl (C=O) groups is 1. The van der Waals surface area contributed by atoms with Gasteiger partial charge in [-0.1, -0.05) is 17.4 Å². The predicted octanol–water partition coefficient (Wildman–Crippen LogP) is 4.18. The molecule has 0 N–H and O–H groups in total. The molecule has 3 aromatic heterocycles. The minimum Gasteiger partial charge on any atom is -0.463 e. The van der Waals surface area contributed by atoms with Crippen LogP contribution >= 0.6 is 22.7 Å². The summed E-state index contributed by atoms with van der Waals surface area (Å²) >= 11 is 2.75. The van der Waals surface area contributed by atoms with E-state index in [-0.39, 0.29) is 17.9 Å². The largest absolute Gasteiger partial charge is 0.463 e. The van der Waals surface area contributed by atoms with Crippen LogP contribution < -0.4 is 14.9 Å². The maximum atomic E-state index is 13.8. The molecule has 0 amide bonds. The Morgan fingerprint density at radius 1 is 1.21 bits per heavy atom. The van der Waals surface area contributed by atoms with Gasteiger partial charge in [-0.25, -0.2) is 9.79 Å². The van der Waals surface area contributed by atoms with Crippen molar-refractivity contribution in [3.63, 3.8) is 0 Å². The number of non-ortho nitro benzene ring substituents is 1. The maximum absolute atomic E-state index is 13.8. The van der Waals surface area contributed by atoms with Crippen LogP contribution in [-0.2, 0) is 9.53 Å². The van der Waals surface area contributed by atoms with Crippen LogP contribution in [0.3, 0.4) is 0 Å². The molecule has 5 rings (SSSR count). The second-order valence-corrected chi connectivity index (χ2v) is 10.7. The predicted molar refractivity (Wildman–Crippen MR) is 147 cm³/mol. The lowest BCUT2D eigenvalue weighted by molar-refractivity contribution is -0.384. The summed E-state index contributed by atoms with van der Waals surface area (Å²) in [6, 6.07) is 11.5. The first-order valence-corrected chi connectivity index (χ1v) is 13.6. The van der Waals surface area contributed by atoms with Crippen molar-refractivity contribution in [3.8, 4) is 5.69 Å². The standard InChI is InChI=1S/C27H24N4O5S2/c1-5-36-26(33)23-16(3)28-27-30(24(23)21-7-6-12-37-21)25(32)22(38-27)14-18-13-15(2)29(17(18)4)19-8-10-20(11-9-19)31(34)35/h6-14,24H,5H2,1-4H3/b22-14+/t24-/m1/s1. The summed E-state index contributed by atoms with van der Waals surface area (Å²) in [7, 11) is 0. The van der Waals surface area contributed by atoms with Crippen molar-refractivity contribution < 1.29 is 14.5 Å². The molecule has 11 heteroatoms.